The molecule has 0 aliphatic rings. The van der Waals surface area contributed by atoms with Gasteiger partial charge in [0.1, 0.15) is 6.33 Å². The monoisotopic (exact) mass is 201 g/mol. The van der Waals surface area contributed by atoms with E-state index in [2.05, 4.69) is 26.4 Å². The summed E-state index contributed by atoms with van der Waals surface area (Å²) in [6, 6.07) is -0.0274. The SMILES string of the molecule is C#CC(CC)Nc1nccn2cnnc12. The number of hydrogen-bond donors (Lipinski definition) is 1. The second kappa shape index (κ2) is 3.96. The van der Waals surface area contributed by atoms with Crippen molar-refractivity contribution in [2.24, 2.45) is 0 Å². The van der Waals surface area contributed by atoms with Crippen LogP contribution in [0.1, 0.15) is 13.3 Å². The molecule has 0 saturated carbocycles. The van der Waals surface area contributed by atoms with Crippen molar-refractivity contribution in [3.8, 4) is 12.3 Å². The van der Waals surface area contributed by atoms with E-state index in [4.69, 9.17) is 6.42 Å². The van der Waals surface area contributed by atoms with Gasteiger partial charge in [0.15, 0.2) is 5.82 Å². The molecule has 1 N–H and O–H groups in total. The van der Waals surface area contributed by atoms with E-state index in [9.17, 15) is 0 Å². The summed E-state index contributed by atoms with van der Waals surface area (Å²) in [7, 11) is 0. The van der Waals surface area contributed by atoms with Gasteiger partial charge in [-0.05, 0) is 6.42 Å². The second-order valence-corrected chi connectivity index (χ2v) is 3.11. The van der Waals surface area contributed by atoms with Gasteiger partial charge in [-0.15, -0.1) is 16.6 Å². The molecule has 1 atom stereocenters. The minimum atomic E-state index is -0.0274. The van der Waals surface area contributed by atoms with E-state index < -0.39 is 0 Å². The fraction of sp³-hybridized carbons (Fsp3) is 0.300. The minimum Gasteiger partial charge on any atom is -0.353 e. The normalized spacial score (nSPS) is 12.3. The molecule has 76 valence electrons. The Labute approximate surface area is 87.6 Å². The number of terminal acetylenes is 1. The van der Waals surface area contributed by atoms with E-state index in [0.29, 0.717) is 11.5 Å². The maximum absolute atomic E-state index is 5.37. The van der Waals surface area contributed by atoms with Crippen LogP contribution >= 0.6 is 0 Å². The zero-order chi connectivity index (χ0) is 10.7. The van der Waals surface area contributed by atoms with Crippen molar-refractivity contribution < 1.29 is 0 Å². The number of rotatable bonds is 3. The summed E-state index contributed by atoms with van der Waals surface area (Å²) >= 11 is 0. The lowest BCUT2D eigenvalue weighted by Crippen LogP contribution is -2.17. The zero-order valence-electron chi connectivity index (χ0n) is 8.38. The topological polar surface area (TPSA) is 55.1 Å². The smallest absolute Gasteiger partial charge is 0.203 e. The van der Waals surface area contributed by atoms with Gasteiger partial charge >= 0.3 is 0 Å². The molecule has 0 aliphatic heterocycles. The number of aromatic nitrogens is 4. The van der Waals surface area contributed by atoms with Crippen LogP contribution in [0.3, 0.4) is 0 Å². The average Bonchev–Trinajstić information content (AvgIpc) is 2.74. The number of nitrogens with zero attached hydrogens (tertiary/aromatic N) is 4. The Bertz CT molecular complexity index is 496. The predicted molar refractivity (Wildman–Crippen MR) is 57.3 cm³/mol. The van der Waals surface area contributed by atoms with Gasteiger partial charge in [-0.3, -0.25) is 4.40 Å². The van der Waals surface area contributed by atoms with Crippen molar-refractivity contribution in [1.82, 2.24) is 19.6 Å². The maximum Gasteiger partial charge on any atom is 0.203 e. The van der Waals surface area contributed by atoms with Gasteiger partial charge in [-0.1, -0.05) is 12.8 Å². The first-order valence-electron chi connectivity index (χ1n) is 4.72. The first kappa shape index (κ1) is 9.46. The molecule has 0 saturated heterocycles. The molecule has 2 heterocycles. The van der Waals surface area contributed by atoms with Gasteiger partial charge in [-0.25, -0.2) is 4.98 Å². The fourth-order valence-corrected chi connectivity index (χ4v) is 1.29. The van der Waals surface area contributed by atoms with Gasteiger partial charge in [0.05, 0.1) is 6.04 Å². The van der Waals surface area contributed by atoms with Crippen LogP contribution in [0.15, 0.2) is 18.7 Å². The molecule has 0 amide bonds. The quantitative estimate of drug-likeness (QED) is 0.751. The highest BCUT2D eigenvalue weighted by Gasteiger charge is 2.07. The summed E-state index contributed by atoms with van der Waals surface area (Å²) in [6.07, 6.45) is 11.3. The standard InChI is InChI=1S/C10H11N5/c1-3-8(4-2)13-9-10-14-12-7-15(10)6-5-11-9/h1,5-8H,4H2,2H3,(H,11,13). The van der Waals surface area contributed by atoms with E-state index in [1.54, 1.807) is 23.1 Å². The van der Waals surface area contributed by atoms with E-state index in [-0.39, 0.29) is 6.04 Å². The first-order chi connectivity index (χ1) is 7.35. The van der Waals surface area contributed by atoms with E-state index >= 15 is 0 Å². The lowest BCUT2D eigenvalue weighted by atomic mass is 10.2. The molecule has 1 unspecified atom stereocenters. The highest BCUT2D eigenvalue weighted by atomic mass is 15.2. The van der Waals surface area contributed by atoms with E-state index in [0.717, 1.165) is 6.42 Å². The molecule has 0 radical (unpaired) electrons. The molecule has 5 heteroatoms. The Hall–Kier alpha value is -2.09. The van der Waals surface area contributed by atoms with Crippen molar-refractivity contribution in [3.05, 3.63) is 18.7 Å². The fourth-order valence-electron chi connectivity index (χ4n) is 1.29. The number of hydrogen-bond acceptors (Lipinski definition) is 4. The highest BCUT2D eigenvalue weighted by Crippen LogP contribution is 2.11. The van der Waals surface area contributed by atoms with Crippen LogP contribution in [0.5, 0.6) is 0 Å². The second-order valence-electron chi connectivity index (χ2n) is 3.11. The highest BCUT2D eigenvalue weighted by molar-refractivity contribution is 5.62. The molecule has 2 aromatic rings. The first-order valence-corrected chi connectivity index (χ1v) is 4.72. The minimum absolute atomic E-state index is 0.0274. The summed E-state index contributed by atoms with van der Waals surface area (Å²) in [4.78, 5) is 4.18. The lowest BCUT2D eigenvalue weighted by molar-refractivity contribution is 0.849. The van der Waals surface area contributed by atoms with Gasteiger partial charge in [0.2, 0.25) is 5.65 Å². The number of anilines is 1. The summed E-state index contributed by atoms with van der Waals surface area (Å²) < 4.78 is 1.79. The Balaban J connectivity index is 2.35. The third-order valence-electron chi connectivity index (χ3n) is 2.14. The van der Waals surface area contributed by atoms with Gasteiger partial charge in [0, 0.05) is 12.4 Å². The molecule has 5 nitrogen and oxygen atoms in total. The Morgan fingerprint density at radius 2 is 2.53 bits per heavy atom. The van der Waals surface area contributed by atoms with Crippen LogP contribution in [0, 0.1) is 12.3 Å². The predicted octanol–water partition coefficient (Wildman–Crippen LogP) is 0.948. The summed E-state index contributed by atoms with van der Waals surface area (Å²) in [5.74, 6) is 3.32. The summed E-state index contributed by atoms with van der Waals surface area (Å²) in [5, 5.41) is 10.9. The molecule has 0 spiro atoms. The number of fused-ring (bicyclic) bond motifs is 1. The lowest BCUT2D eigenvalue weighted by Gasteiger charge is -2.10. The summed E-state index contributed by atoms with van der Waals surface area (Å²) in [5.41, 5.74) is 0.686. The van der Waals surface area contributed by atoms with Gasteiger partial charge in [0.25, 0.3) is 0 Å². The van der Waals surface area contributed by atoms with Crippen molar-refractivity contribution in [1.29, 1.82) is 0 Å². The molecule has 0 fully saturated rings. The van der Waals surface area contributed by atoms with Crippen molar-refractivity contribution >= 4 is 11.5 Å². The Kier molecular flexibility index (Phi) is 2.50. The Morgan fingerprint density at radius 1 is 1.67 bits per heavy atom. The van der Waals surface area contributed by atoms with E-state index in [1.165, 1.54) is 0 Å². The largest absolute Gasteiger partial charge is 0.353 e. The van der Waals surface area contributed by atoms with Crippen LogP contribution in [-0.4, -0.2) is 25.6 Å². The molecule has 0 bridgehead atoms. The van der Waals surface area contributed by atoms with Crippen LogP contribution in [0.4, 0.5) is 5.82 Å². The van der Waals surface area contributed by atoms with Crippen LogP contribution in [0.2, 0.25) is 0 Å². The average molecular weight is 201 g/mol. The zero-order valence-corrected chi connectivity index (χ0v) is 8.38. The van der Waals surface area contributed by atoms with E-state index in [1.807, 2.05) is 6.92 Å². The molecular weight excluding hydrogens is 190 g/mol. The third-order valence-corrected chi connectivity index (χ3v) is 2.14. The van der Waals surface area contributed by atoms with Gasteiger partial charge < -0.3 is 5.32 Å². The van der Waals surface area contributed by atoms with Gasteiger partial charge in [-0.2, -0.15) is 0 Å². The van der Waals surface area contributed by atoms with Crippen molar-refractivity contribution in [2.75, 3.05) is 5.32 Å². The molecule has 2 rings (SSSR count). The number of nitrogens with one attached hydrogen (secondary N) is 1. The summed E-state index contributed by atoms with van der Waals surface area (Å²) in [6.45, 7) is 2.02. The van der Waals surface area contributed by atoms with Crippen molar-refractivity contribution in [3.63, 3.8) is 0 Å². The Morgan fingerprint density at radius 3 is 3.27 bits per heavy atom. The van der Waals surface area contributed by atoms with Crippen LogP contribution in [-0.2, 0) is 0 Å². The third kappa shape index (κ3) is 1.74. The molecule has 15 heavy (non-hydrogen) atoms. The van der Waals surface area contributed by atoms with Crippen LogP contribution in [0.25, 0.3) is 5.65 Å². The molecule has 0 aliphatic carbocycles. The molecule has 2 aromatic heterocycles. The van der Waals surface area contributed by atoms with Crippen LogP contribution < -0.4 is 5.32 Å². The molecular formula is C10H11N5. The molecule has 0 aromatic carbocycles. The van der Waals surface area contributed by atoms with Crippen molar-refractivity contribution in [2.45, 2.75) is 19.4 Å². The maximum atomic E-state index is 5.37.